The number of nitrogens with zero attached hydrogens (tertiary/aromatic N) is 1. The molecule has 1 amide bonds. The highest BCUT2D eigenvalue weighted by Crippen LogP contribution is 2.08. The summed E-state index contributed by atoms with van der Waals surface area (Å²) in [7, 11) is 0. The normalized spacial score (nSPS) is 20.9. The first kappa shape index (κ1) is 13.2. The molecule has 1 saturated heterocycles. The zero-order valence-corrected chi connectivity index (χ0v) is 10.5. The average Bonchev–Trinajstić information content (AvgIpc) is 2.26. The van der Waals surface area contributed by atoms with Crippen molar-refractivity contribution in [3.05, 3.63) is 0 Å². The number of morpholine rings is 1. The molecule has 0 aromatic rings. The second-order valence-electron chi connectivity index (χ2n) is 4.18. The van der Waals surface area contributed by atoms with E-state index in [1.54, 1.807) is 4.90 Å². The summed E-state index contributed by atoms with van der Waals surface area (Å²) >= 11 is 4.84. The van der Waals surface area contributed by atoms with Gasteiger partial charge in [0.05, 0.1) is 19.8 Å². The zero-order chi connectivity index (χ0) is 12.1. The van der Waals surface area contributed by atoms with Gasteiger partial charge >= 0.3 is 6.09 Å². The van der Waals surface area contributed by atoms with E-state index in [-0.39, 0.29) is 17.2 Å². The lowest BCUT2D eigenvalue weighted by Crippen LogP contribution is -2.50. The van der Waals surface area contributed by atoms with Gasteiger partial charge in [-0.25, -0.2) is 4.79 Å². The Bertz CT molecular complexity index is 271. The summed E-state index contributed by atoms with van der Waals surface area (Å²) in [5.41, 5.74) is 5.48. The SMILES string of the molecule is CC(C)COC(=O)N1CCOC(C(N)=S)C1. The van der Waals surface area contributed by atoms with E-state index >= 15 is 0 Å². The standard InChI is InChI=1S/C10H18N2O3S/c1-7(2)6-15-10(13)12-3-4-14-8(5-12)9(11)16/h7-8H,3-6H2,1-2H3,(H2,11,16). The first-order chi connectivity index (χ1) is 7.50. The van der Waals surface area contributed by atoms with Gasteiger partial charge < -0.3 is 20.1 Å². The molecule has 1 atom stereocenters. The van der Waals surface area contributed by atoms with Crippen LogP contribution in [0.2, 0.25) is 0 Å². The fourth-order valence-corrected chi connectivity index (χ4v) is 1.46. The van der Waals surface area contributed by atoms with Crippen LogP contribution in [0.4, 0.5) is 4.79 Å². The molecule has 6 heteroatoms. The number of rotatable bonds is 3. The summed E-state index contributed by atoms with van der Waals surface area (Å²) in [6.45, 7) is 5.75. The minimum atomic E-state index is -0.352. The zero-order valence-electron chi connectivity index (χ0n) is 9.64. The smallest absolute Gasteiger partial charge is 0.409 e. The van der Waals surface area contributed by atoms with Crippen LogP contribution in [0.5, 0.6) is 0 Å². The molecular formula is C10H18N2O3S. The van der Waals surface area contributed by atoms with Crippen molar-refractivity contribution in [2.75, 3.05) is 26.3 Å². The molecule has 0 aliphatic carbocycles. The molecule has 1 aliphatic rings. The van der Waals surface area contributed by atoms with E-state index in [0.717, 1.165) is 0 Å². The highest BCUT2D eigenvalue weighted by atomic mass is 32.1. The maximum Gasteiger partial charge on any atom is 0.409 e. The predicted octanol–water partition coefficient (Wildman–Crippen LogP) is 0.766. The van der Waals surface area contributed by atoms with Crippen LogP contribution < -0.4 is 5.73 Å². The average molecular weight is 246 g/mol. The van der Waals surface area contributed by atoms with E-state index in [9.17, 15) is 4.79 Å². The largest absolute Gasteiger partial charge is 0.449 e. The number of hydrogen-bond acceptors (Lipinski definition) is 4. The number of carbonyl (C=O) groups is 1. The van der Waals surface area contributed by atoms with E-state index in [4.69, 9.17) is 27.4 Å². The van der Waals surface area contributed by atoms with Crippen molar-refractivity contribution in [2.45, 2.75) is 20.0 Å². The monoisotopic (exact) mass is 246 g/mol. The Morgan fingerprint density at radius 1 is 1.69 bits per heavy atom. The Hall–Kier alpha value is -0.880. The highest BCUT2D eigenvalue weighted by molar-refractivity contribution is 7.80. The summed E-state index contributed by atoms with van der Waals surface area (Å²) in [6.07, 6.45) is -0.673. The minimum absolute atomic E-state index is 0.279. The fourth-order valence-electron chi connectivity index (χ4n) is 1.32. The third kappa shape index (κ3) is 3.94. The van der Waals surface area contributed by atoms with Crippen molar-refractivity contribution in [2.24, 2.45) is 11.7 Å². The predicted molar refractivity (Wildman–Crippen MR) is 64.3 cm³/mol. The molecule has 92 valence electrons. The molecule has 1 aliphatic heterocycles. The van der Waals surface area contributed by atoms with E-state index in [0.29, 0.717) is 32.2 Å². The van der Waals surface area contributed by atoms with Gasteiger partial charge in [-0.1, -0.05) is 26.1 Å². The number of nitrogens with two attached hydrogens (primary N) is 1. The lowest BCUT2D eigenvalue weighted by atomic mass is 10.2. The van der Waals surface area contributed by atoms with Gasteiger partial charge in [-0.2, -0.15) is 0 Å². The summed E-state index contributed by atoms with van der Waals surface area (Å²) in [5, 5.41) is 0. The molecule has 0 bridgehead atoms. The molecule has 2 N–H and O–H groups in total. The number of carbonyl (C=O) groups excluding carboxylic acids is 1. The van der Waals surface area contributed by atoms with Crippen molar-refractivity contribution in [1.82, 2.24) is 4.90 Å². The van der Waals surface area contributed by atoms with Gasteiger partial charge in [0.1, 0.15) is 11.1 Å². The van der Waals surface area contributed by atoms with Crippen molar-refractivity contribution < 1.29 is 14.3 Å². The number of amides is 1. The molecule has 0 aromatic carbocycles. The second kappa shape index (κ2) is 6.00. The van der Waals surface area contributed by atoms with Crippen molar-refractivity contribution in [3.8, 4) is 0 Å². The van der Waals surface area contributed by atoms with E-state index in [2.05, 4.69) is 0 Å². The third-order valence-corrected chi connectivity index (χ3v) is 2.45. The summed E-state index contributed by atoms with van der Waals surface area (Å²) < 4.78 is 10.4. The highest BCUT2D eigenvalue weighted by Gasteiger charge is 2.26. The van der Waals surface area contributed by atoms with E-state index < -0.39 is 0 Å². The molecular weight excluding hydrogens is 228 g/mol. The van der Waals surface area contributed by atoms with Gasteiger partial charge in [0.25, 0.3) is 0 Å². The van der Waals surface area contributed by atoms with Crippen LogP contribution in [0, 0.1) is 5.92 Å². The lowest BCUT2D eigenvalue weighted by Gasteiger charge is -2.31. The van der Waals surface area contributed by atoms with E-state index in [1.807, 2.05) is 13.8 Å². The van der Waals surface area contributed by atoms with Gasteiger partial charge in [0.15, 0.2) is 0 Å². The van der Waals surface area contributed by atoms with Gasteiger partial charge in [-0.05, 0) is 5.92 Å². The summed E-state index contributed by atoms with van der Waals surface area (Å²) in [5.74, 6) is 0.330. The van der Waals surface area contributed by atoms with Gasteiger partial charge in [0, 0.05) is 6.54 Å². The maximum atomic E-state index is 11.6. The third-order valence-electron chi connectivity index (χ3n) is 2.18. The molecule has 1 unspecified atom stereocenters. The molecule has 16 heavy (non-hydrogen) atoms. The molecule has 1 fully saturated rings. The maximum absolute atomic E-state index is 11.6. The molecule has 1 heterocycles. The van der Waals surface area contributed by atoms with Crippen LogP contribution in [0.1, 0.15) is 13.8 Å². The Labute approximate surface area is 101 Å². The van der Waals surface area contributed by atoms with Crippen LogP contribution in [0.3, 0.4) is 0 Å². The summed E-state index contributed by atoms with van der Waals surface area (Å²) in [6, 6.07) is 0. The van der Waals surface area contributed by atoms with Crippen molar-refractivity contribution in [3.63, 3.8) is 0 Å². The van der Waals surface area contributed by atoms with Crippen LogP contribution in [-0.2, 0) is 9.47 Å². The van der Waals surface area contributed by atoms with Gasteiger partial charge in [-0.3, -0.25) is 0 Å². The Morgan fingerprint density at radius 2 is 2.38 bits per heavy atom. The molecule has 0 radical (unpaired) electrons. The quantitative estimate of drug-likeness (QED) is 0.745. The fraction of sp³-hybridized carbons (Fsp3) is 0.800. The van der Waals surface area contributed by atoms with Gasteiger partial charge in [0.2, 0.25) is 0 Å². The number of thiocarbonyl (C=S) groups is 1. The molecule has 0 spiro atoms. The van der Waals surface area contributed by atoms with Crippen LogP contribution in [0.15, 0.2) is 0 Å². The van der Waals surface area contributed by atoms with Gasteiger partial charge in [-0.15, -0.1) is 0 Å². The first-order valence-electron chi connectivity index (χ1n) is 5.33. The second-order valence-corrected chi connectivity index (χ2v) is 4.65. The Kier molecular flexibility index (Phi) is 4.95. The Morgan fingerprint density at radius 3 is 2.94 bits per heavy atom. The molecule has 1 rings (SSSR count). The number of hydrogen-bond donors (Lipinski definition) is 1. The van der Waals surface area contributed by atoms with Crippen molar-refractivity contribution in [1.29, 1.82) is 0 Å². The molecule has 0 saturated carbocycles. The minimum Gasteiger partial charge on any atom is -0.449 e. The molecule has 5 nitrogen and oxygen atoms in total. The molecule has 0 aromatic heterocycles. The lowest BCUT2D eigenvalue weighted by molar-refractivity contribution is 0.00156. The topological polar surface area (TPSA) is 64.8 Å². The van der Waals surface area contributed by atoms with Crippen molar-refractivity contribution >= 4 is 23.3 Å². The van der Waals surface area contributed by atoms with Crippen LogP contribution in [-0.4, -0.2) is 48.4 Å². The first-order valence-corrected chi connectivity index (χ1v) is 5.74. The summed E-state index contributed by atoms with van der Waals surface area (Å²) in [4.78, 5) is 13.5. The van der Waals surface area contributed by atoms with Crippen LogP contribution >= 0.6 is 12.2 Å². The van der Waals surface area contributed by atoms with Crippen LogP contribution in [0.25, 0.3) is 0 Å². The number of ether oxygens (including phenoxy) is 2. The Balaban J connectivity index is 2.41. The van der Waals surface area contributed by atoms with E-state index in [1.165, 1.54) is 0 Å².